The number of benzene rings is 2. The number of ether oxygens (including phenoxy) is 5. The van der Waals surface area contributed by atoms with Crippen molar-refractivity contribution in [2.24, 2.45) is 10.8 Å². The van der Waals surface area contributed by atoms with E-state index >= 15 is 0 Å². The van der Waals surface area contributed by atoms with E-state index in [1.54, 1.807) is 41.5 Å². The molecule has 6 atom stereocenters. The van der Waals surface area contributed by atoms with Gasteiger partial charge in [0, 0.05) is 10.5 Å². The van der Waals surface area contributed by atoms with Gasteiger partial charge in [0.15, 0.2) is 18.5 Å². The fourth-order valence-corrected chi connectivity index (χ4v) is 5.04. The first-order chi connectivity index (χ1) is 17.4. The van der Waals surface area contributed by atoms with Gasteiger partial charge in [0.1, 0.15) is 17.6 Å². The minimum atomic E-state index is -0.904. The van der Waals surface area contributed by atoms with Crippen molar-refractivity contribution in [3.05, 3.63) is 66.2 Å². The Morgan fingerprint density at radius 1 is 0.784 bits per heavy atom. The molecule has 2 saturated heterocycles. The van der Waals surface area contributed by atoms with Gasteiger partial charge in [0.2, 0.25) is 0 Å². The minimum Gasteiger partial charge on any atom is -0.455 e. The lowest BCUT2D eigenvalue weighted by molar-refractivity contribution is -0.322. The molecule has 2 aromatic carbocycles. The average Bonchev–Trinajstić information content (AvgIpc) is 2.85. The van der Waals surface area contributed by atoms with Crippen molar-refractivity contribution in [1.82, 2.24) is 0 Å². The highest BCUT2D eigenvalue weighted by atomic mass is 32.2. The number of hydrogen-bond acceptors (Lipinski definition) is 8. The van der Waals surface area contributed by atoms with E-state index in [1.807, 2.05) is 60.7 Å². The second kappa shape index (κ2) is 11.2. The van der Waals surface area contributed by atoms with Gasteiger partial charge in [-0.15, -0.1) is 0 Å². The van der Waals surface area contributed by atoms with Crippen LogP contribution in [0.25, 0.3) is 0 Å². The van der Waals surface area contributed by atoms with Crippen molar-refractivity contribution in [2.45, 2.75) is 82.6 Å². The second-order valence-corrected chi connectivity index (χ2v) is 12.6. The first kappa shape index (κ1) is 27.6. The average molecular weight is 529 g/mol. The topological polar surface area (TPSA) is 80.3 Å². The van der Waals surface area contributed by atoms with Crippen LogP contribution in [0.15, 0.2) is 65.6 Å². The van der Waals surface area contributed by atoms with E-state index in [2.05, 4.69) is 0 Å². The van der Waals surface area contributed by atoms with Crippen LogP contribution in [0.4, 0.5) is 0 Å². The summed E-state index contributed by atoms with van der Waals surface area (Å²) in [7, 11) is 0. The van der Waals surface area contributed by atoms with Crippen molar-refractivity contribution in [3.8, 4) is 0 Å². The van der Waals surface area contributed by atoms with Gasteiger partial charge < -0.3 is 23.7 Å². The van der Waals surface area contributed by atoms with Gasteiger partial charge in [-0.25, -0.2) is 0 Å². The molecule has 8 heteroatoms. The standard InChI is InChI=1S/C29H36O7S/c1-28(2,3)26(30)35-22-21-20(17-32-24(34-21)18-13-9-7-10-14-18)33-25(37-19-15-11-8-12-16-19)23(22)36-27(31)29(4,5)6/h7-16,20-25H,17H2,1-6H3/t20-,21-,22+,23+,24?,25-/m1/s1. The number of fused-ring (bicyclic) bond motifs is 1. The molecule has 200 valence electrons. The Morgan fingerprint density at radius 2 is 1.32 bits per heavy atom. The van der Waals surface area contributed by atoms with Crippen molar-refractivity contribution < 1.29 is 33.3 Å². The SMILES string of the molecule is CC(C)(C)C(=O)O[C@@H]1[C@H](OC(=O)C(C)(C)C)[C@@H](Sc2ccccc2)O[C@@H]2COC(c3ccccc3)O[C@@H]12. The predicted molar refractivity (Wildman–Crippen MR) is 140 cm³/mol. The minimum absolute atomic E-state index is 0.236. The molecule has 2 heterocycles. The summed E-state index contributed by atoms with van der Waals surface area (Å²) in [6, 6.07) is 19.3. The number of esters is 2. The second-order valence-electron chi connectivity index (χ2n) is 11.4. The van der Waals surface area contributed by atoms with E-state index in [-0.39, 0.29) is 6.61 Å². The van der Waals surface area contributed by atoms with E-state index in [1.165, 1.54) is 11.8 Å². The van der Waals surface area contributed by atoms with Crippen molar-refractivity contribution in [3.63, 3.8) is 0 Å². The number of thioether (sulfide) groups is 1. The number of carbonyl (C=O) groups is 2. The monoisotopic (exact) mass is 528 g/mol. The molecule has 37 heavy (non-hydrogen) atoms. The van der Waals surface area contributed by atoms with E-state index in [0.29, 0.717) is 0 Å². The molecule has 0 aliphatic carbocycles. The number of hydrogen-bond donors (Lipinski definition) is 0. The zero-order valence-corrected chi connectivity index (χ0v) is 23.0. The largest absolute Gasteiger partial charge is 0.455 e. The third kappa shape index (κ3) is 6.74. The Labute approximate surface area is 223 Å². The summed E-state index contributed by atoms with van der Waals surface area (Å²) < 4.78 is 31.0. The van der Waals surface area contributed by atoms with Gasteiger partial charge in [0.25, 0.3) is 0 Å². The van der Waals surface area contributed by atoms with Crippen LogP contribution in [0, 0.1) is 10.8 Å². The first-order valence-electron chi connectivity index (χ1n) is 12.5. The lowest BCUT2D eigenvalue weighted by Gasteiger charge is -2.49. The molecular weight excluding hydrogens is 492 g/mol. The highest BCUT2D eigenvalue weighted by molar-refractivity contribution is 7.99. The fourth-order valence-electron chi connectivity index (χ4n) is 3.91. The molecule has 4 rings (SSSR count). The molecule has 1 unspecified atom stereocenters. The fraction of sp³-hybridized carbons (Fsp3) is 0.517. The Bertz CT molecular complexity index is 1060. The number of rotatable bonds is 5. The zero-order valence-electron chi connectivity index (χ0n) is 22.2. The molecule has 0 aromatic heterocycles. The molecule has 0 amide bonds. The molecule has 2 fully saturated rings. The van der Waals surface area contributed by atoms with Crippen LogP contribution in [0.1, 0.15) is 53.4 Å². The van der Waals surface area contributed by atoms with Gasteiger partial charge in [0.05, 0.1) is 17.4 Å². The van der Waals surface area contributed by atoms with Crippen molar-refractivity contribution in [1.29, 1.82) is 0 Å². The summed E-state index contributed by atoms with van der Waals surface area (Å²) >= 11 is 1.41. The molecule has 0 saturated carbocycles. The Hall–Kier alpha value is -2.39. The quantitative estimate of drug-likeness (QED) is 0.469. The van der Waals surface area contributed by atoms with Crippen LogP contribution in [0.5, 0.6) is 0 Å². The summed E-state index contributed by atoms with van der Waals surface area (Å²) in [5.74, 6) is -0.827. The Kier molecular flexibility index (Phi) is 8.33. The third-order valence-electron chi connectivity index (χ3n) is 6.06. The molecule has 0 radical (unpaired) electrons. The van der Waals surface area contributed by atoms with Crippen LogP contribution in [-0.2, 0) is 33.3 Å². The van der Waals surface area contributed by atoms with E-state index in [4.69, 9.17) is 23.7 Å². The maximum atomic E-state index is 13.2. The summed E-state index contributed by atoms with van der Waals surface area (Å²) in [6.07, 6.45) is -3.69. The van der Waals surface area contributed by atoms with E-state index < -0.39 is 58.9 Å². The molecular formula is C29H36O7S. The highest BCUT2D eigenvalue weighted by Gasteiger charge is 2.55. The van der Waals surface area contributed by atoms with Gasteiger partial charge in [-0.05, 0) is 53.7 Å². The Morgan fingerprint density at radius 3 is 1.89 bits per heavy atom. The third-order valence-corrected chi connectivity index (χ3v) is 7.22. The molecule has 0 spiro atoms. The molecule has 2 aliphatic rings. The number of carbonyl (C=O) groups excluding carboxylic acids is 2. The lowest BCUT2D eigenvalue weighted by Crippen LogP contribution is -2.63. The molecule has 2 aliphatic heterocycles. The van der Waals surface area contributed by atoms with E-state index in [9.17, 15) is 9.59 Å². The lowest BCUT2D eigenvalue weighted by atomic mass is 9.94. The maximum Gasteiger partial charge on any atom is 0.311 e. The van der Waals surface area contributed by atoms with Gasteiger partial charge >= 0.3 is 11.9 Å². The van der Waals surface area contributed by atoms with Crippen LogP contribution in [0.3, 0.4) is 0 Å². The van der Waals surface area contributed by atoms with Gasteiger partial charge in [-0.1, -0.05) is 60.3 Å². The van der Waals surface area contributed by atoms with Crippen LogP contribution < -0.4 is 0 Å². The summed E-state index contributed by atoms with van der Waals surface area (Å²) in [5, 5.41) is 0. The van der Waals surface area contributed by atoms with Crippen LogP contribution >= 0.6 is 11.8 Å². The predicted octanol–water partition coefficient (Wildman–Crippen LogP) is 5.53. The normalized spacial score (nSPS) is 28.2. The molecule has 0 bridgehead atoms. The first-order valence-corrected chi connectivity index (χ1v) is 13.4. The van der Waals surface area contributed by atoms with Crippen molar-refractivity contribution in [2.75, 3.05) is 6.61 Å². The van der Waals surface area contributed by atoms with Crippen LogP contribution in [0.2, 0.25) is 0 Å². The molecule has 2 aromatic rings. The molecule has 7 nitrogen and oxygen atoms in total. The van der Waals surface area contributed by atoms with Gasteiger partial charge in [-0.2, -0.15) is 0 Å². The molecule has 0 N–H and O–H groups in total. The summed E-state index contributed by atoms with van der Waals surface area (Å²) in [5.41, 5.74) is -1.34. The van der Waals surface area contributed by atoms with Gasteiger partial charge in [-0.3, -0.25) is 9.59 Å². The Balaban J connectivity index is 1.70. The van der Waals surface area contributed by atoms with Crippen LogP contribution in [-0.4, -0.2) is 48.4 Å². The summed E-state index contributed by atoms with van der Waals surface area (Å²) in [4.78, 5) is 27.2. The zero-order chi connectivity index (χ0) is 26.8. The maximum absolute atomic E-state index is 13.2. The van der Waals surface area contributed by atoms with E-state index in [0.717, 1.165) is 10.5 Å². The van der Waals surface area contributed by atoms with Crippen molar-refractivity contribution >= 4 is 23.7 Å². The smallest absolute Gasteiger partial charge is 0.311 e. The highest BCUT2D eigenvalue weighted by Crippen LogP contribution is 2.42. The summed E-state index contributed by atoms with van der Waals surface area (Å²) in [6.45, 7) is 11.0.